The first kappa shape index (κ1) is 16.2. The standard InChI is InChI=1S/C12H16ClN3O4S/c13-9-7-8(16(17)18)5-6-12(9)21(19,20)15-11-4-2-1-3-10(11)14/h5-7,10-11,15H,1-4,14H2/t10-,11-/m1/s1. The molecule has 0 unspecified atom stereocenters. The molecule has 0 radical (unpaired) electrons. The van der Waals surface area contributed by atoms with Gasteiger partial charge in [0.25, 0.3) is 5.69 Å². The largest absolute Gasteiger partial charge is 0.326 e. The molecule has 2 rings (SSSR count). The van der Waals surface area contributed by atoms with E-state index < -0.39 is 14.9 Å². The van der Waals surface area contributed by atoms with Gasteiger partial charge in [0, 0.05) is 24.2 Å². The van der Waals surface area contributed by atoms with Crippen molar-refractivity contribution in [1.82, 2.24) is 4.72 Å². The highest BCUT2D eigenvalue weighted by Crippen LogP contribution is 2.27. The molecule has 21 heavy (non-hydrogen) atoms. The third-order valence-corrected chi connectivity index (χ3v) is 5.51. The molecular formula is C12H16ClN3O4S. The molecule has 1 aliphatic carbocycles. The lowest BCUT2D eigenvalue weighted by atomic mass is 9.92. The van der Waals surface area contributed by atoms with Crippen molar-refractivity contribution >= 4 is 27.3 Å². The predicted molar refractivity (Wildman–Crippen MR) is 78.7 cm³/mol. The lowest BCUT2D eigenvalue weighted by molar-refractivity contribution is -0.384. The third kappa shape index (κ3) is 3.70. The van der Waals surface area contributed by atoms with Crippen LogP contribution in [-0.2, 0) is 10.0 Å². The molecule has 0 spiro atoms. The maximum atomic E-state index is 12.3. The van der Waals surface area contributed by atoms with Crippen LogP contribution >= 0.6 is 11.6 Å². The highest BCUT2D eigenvalue weighted by molar-refractivity contribution is 7.89. The number of nitrogens with two attached hydrogens (primary N) is 1. The maximum absolute atomic E-state index is 12.3. The number of rotatable bonds is 4. The Morgan fingerprint density at radius 3 is 2.57 bits per heavy atom. The highest BCUT2D eigenvalue weighted by atomic mass is 35.5. The van der Waals surface area contributed by atoms with Crippen LogP contribution in [0.25, 0.3) is 0 Å². The summed E-state index contributed by atoms with van der Waals surface area (Å²) in [5.41, 5.74) is 5.66. The lowest BCUT2D eigenvalue weighted by Crippen LogP contribution is -2.49. The molecule has 0 aliphatic heterocycles. The van der Waals surface area contributed by atoms with Crippen molar-refractivity contribution in [1.29, 1.82) is 0 Å². The molecule has 1 saturated carbocycles. The van der Waals surface area contributed by atoms with Gasteiger partial charge in [0.05, 0.1) is 9.95 Å². The molecule has 1 aromatic rings. The van der Waals surface area contributed by atoms with Crippen LogP contribution in [0.4, 0.5) is 5.69 Å². The van der Waals surface area contributed by atoms with E-state index in [4.69, 9.17) is 17.3 Å². The predicted octanol–water partition coefficient (Wildman–Crippen LogP) is 1.80. The molecule has 7 nitrogen and oxygen atoms in total. The average Bonchev–Trinajstić information content (AvgIpc) is 2.40. The van der Waals surface area contributed by atoms with Gasteiger partial charge in [0.1, 0.15) is 4.90 Å². The molecule has 9 heteroatoms. The van der Waals surface area contributed by atoms with E-state index in [1.165, 1.54) is 0 Å². The smallest absolute Gasteiger partial charge is 0.271 e. The first-order chi connectivity index (χ1) is 9.81. The quantitative estimate of drug-likeness (QED) is 0.643. The summed E-state index contributed by atoms with van der Waals surface area (Å²) in [5, 5.41) is 10.5. The lowest BCUT2D eigenvalue weighted by Gasteiger charge is -2.29. The third-order valence-electron chi connectivity index (χ3n) is 3.54. The Bertz CT molecular complexity index is 650. The van der Waals surface area contributed by atoms with E-state index in [1.807, 2.05) is 0 Å². The van der Waals surface area contributed by atoms with Crippen LogP contribution in [0.2, 0.25) is 5.02 Å². The van der Waals surface area contributed by atoms with E-state index in [9.17, 15) is 18.5 Å². The molecular weight excluding hydrogens is 318 g/mol. The van der Waals surface area contributed by atoms with Crippen LogP contribution in [0.15, 0.2) is 23.1 Å². The monoisotopic (exact) mass is 333 g/mol. The number of hydrogen-bond acceptors (Lipinski definition) is 5. The van der Waals surface area contributed by atoms with Crippen molar-refractivity contribution in [2.45, 2.75) is 42.7 Å². The van der Waals surface area contributed by atoms with E-state index in [2.05, 4.69) is 4.72 Å². The minimum Gasteiger partial charge on any atom is -0.326 e. The summed E-state index contributed by atoms with van der Waals surface area (Å²) in [4.78, 5) is 9.83. The van der Waals surface area contributed by atoms with E-state index in [1.54, 1.807) is 0 Å². The number of halogens is 1. The van der Waals surface area contributed by atoms with Gasteiger partial charge in [-0.1, -0.05) is 24.4 Å². The van der Waals surface area contributed by atoms with Gasteiger partial charge in [-0.15, -0.1) is 0 Å². The Kier molecular flexibility index (Phi) is 4.82. The molecule has 3 N–H and O–H groups in total. The first-order valence-corrected chi connectivity index (χ1v) is 8.39. The van der Waals surface area contributed by atoms with Gasteiger partial charge in [-0.05, 0) is 18.9 Å². The zero-order valence-electron chi connectivity index (χ0n) is 11.2. The number of hydrogen-bond donors (Lipinski definition) is 2. The normalized spacial score (nSPS) is 23.0. The molecule has 0 heterocycles. The number of nitrogens with zero attached hydrogens (tertiary/aromatic N) is 1. The second kappa shape index (κ2) is 6.27. The second-order valence-corrected chi connectivity index (χ2v) is 7.14. The molecule has 1 aromatic carbocycles. The van der Waals surface area contributed by atoms with Crippen LogP contribution < -0.4 is 10.5 Å². The Balaban J connectivity index is 2.25. The number of nitro groups is 1. The Morgan fingerprint density at radius 1 is 1.33 bits per heavy atom. The minimum atomic E-state index is -3.85. The molecule has 116 valence electrons. The molecule has 0 amide bonds. The molecule has 2 atom stereocenters. The Hall–Kier alpha value is -1.22. The van der Waals surface area contributed by atoms with Crippen molar-refractivity contribution < 1.29 is 13.3 Å². The fraction of sp³-hybridized carbons (Fsp3) is 0.500. The molecule has 0 bridgehead atoms. The van der Waals surface area contributed by atoms with Crippen LogP contribution in [0.5, 0.6) is 0 Å². The topological polar surface area (TPSA) is 115 Å². The fourth-order valence-corrected chi connectivity index (χ4v) is 4.25. The summed E-state index contributed by atoms with van der Waals surface area (Å²) in [6, 6.07) is 2.70. The number of nitrogens with one attached hydrogen (secondary N) is 1. The van der Waals surface area contributed by atoms with Crippen LogP contribution in [0.1, 0.15) is 25.7 Å². The van der Waals surface area contributed by atoms with Gasteiger partial charge >= 0.3 is 0 Å². The zero-order chi connectivity index (χ0) is 15.6. The number of benzene rings is 1. The van der Waals surface area contributed by atoms with Gasteiger partial charge in [0.15, 0.2) is 0 Å². The van der Waals surface area contributed by atoms with Gasteiger partial charge in [-0.3, -0.25) is 10.1 Å². The summed E-state index contributed by atoms with van der Waals surface area (Å²) in [5.74, 6) is 0. The number of non-ortho nitro benzene ring substituents is 1. The van der Waals surface area contributed by atoms with Gasteiger partial charge in [-0.2, -0.15) is 0 Å². The van der Waals surface area contributed by atoms with E-state index in [-0.39, 0.29) is 27.7 Å². The molecule has 1 aliphatic rings. The van der Waals surface area contributed by atoms with Crippen molar-refractivity contribution in [3.8, 4) is 0 Å². The summed E-state index contributed by atoms with van der Waals surface area (Å²) in [7, 11) is -3.85. The van der Waals surface area contributed by atoms with Crippen LogP contribution in [0.3, 0.4) is 0 Å². The molecule has 1 fully saturated rings. The summed E-state index contributed by atoms with van der Waals surface area (Å²) in [6.07, 6.45) is 3.33. The second-order valence-electron chi connectivity index (χ2n) is 5.05. The number of sulfonamides is 1. The highest BCUT2D eigenvalue weighted by Gasteiger charge is 2.28. The SMILES string of the molecule is N[C@@H]1CCCC[C@H]1NS(=O)(=O)c1ccc([N+](=O)[O-])cc1Cl. The zero-order valence-corrected chi connectivity index (χ0v) is 12.7. The van der Waals surface area contributed by atoms with Crippen LogP contribution in [-0.4, -0.2) is 25.4 Å². The summed E-state index contributed by atoms with van der Waals surface area (Å²) in [6.45, 7) is 0. The summed E-state index contributed by atoms with van der Waals surface area (Å²) >= 11 is 5.86. The van der Waals surface area contributed by atoms with Crippen LogP contribution in [0, 0.1) is 10.1 Å². The van der Waals surface area contributed by atoms with E-state index >= 15 is 0 Å². The summed E-state index contributed by atoms with van der Waals surface area (Å²) < 4.78 is 27.2. The molecule has 0 saturated heterocycles. The van der Waals surface area contributed by atoms with E-state index in [0.29, 0.717) is 6.42 Å². The Labute approximate surface area is 127 Å². The number of nitro benzene ring substituents is 1. The van der Waals surface area contributed by atoms with Crippen molar-refractivity contribution in [2.24, 2.45) is 5.73 Å². The molecule has 0 aromatic heterocycles. The fourth-order valence-electron chi connectivity index (χ4n) is 2.39. The van der Waals surface area contributed by atoms with Gasteiger partial charge < -0.3 is 5.73 Å². The van der Waals surface area contributed by atoms with Gasteiger partial charge in [0.2, 0.25) is 10.0 Å². The van der Waals surface area contributed by atoms with Crippen molar-refractivity contribution in [3.63, 3.8) is 0 Å². The maximum Gasteiger partial charge on any atom is 0.271 e. The van der Waals surface area contributed by atoms with E-state index in [0.717, 1.165) is 37.5 Å². The van der Waals surface area contributed by atoms with Crippen molar-refractivity contribution in [2.75, 3.05) is 0 Å². The van der Waals surface area contributed by atoms with Crippen molar-refractivity contribution in [3.05, 3.63) is 33.3 Å². The Morgan fingerprint density at radius 2 is 2.00 bits per heavy atom. The first-order valence-electron chi connectivity index (χ1n) is 6.53. The average molecular weight is 334 g/mol. The minimum absolute atomic E-state index is 0.174. The van der Waals surface area contributed by atoms with Gasteiger partial charge in [-0.25, -0.2) is 13.1 Å².